The summed E-state index contributed by atoms with van der Waals surface area (Å²) in [6.07, 6.45) is 0.133. The van der Waals surface area contributed by atoms with E-state index in [0.29, 0.717) is 28.5 Å². The summed E-state index contributed by atoms with van der Waals surface area (Å²) >= 11 is 0. The number of rotatable bonds is 8. The molecule has 7 heteroatoms. The Kier molecular flexibility index (Phi) is 7.05. The summed E-state index contributed by atoms with van der Waals surface area (Å²) in [6.45, 7) is 2.09. The number of hydrogen-bond donors (Lipinski definition) is 2. The molecule has 0 aliphatic heterocycles. The topological polar surface area (TPSA) is 85.9 Å². The molecule has 0 spiro atoms. The molecule has 7 nitrogen and oxygen atoms in total. The third kappa shape index (κ3) is 5.13. The van der Waals surface area contributed by atoms with Crippen LogP contribution in [0.2, 0.25) is 0 Å². The fraction of sp³-hybridized carbons (Fsp3) is 0.300. The first-order chi connectivity index (χ1) is 13.0. The minimum atomic E-state index is -0.241. The Labute approximate surface area is 158 Å². The molecule has 144 valence electrons. The van der Waals surface area contributed by atoms with E-state index in [2.05, 4.69) is 10.6 Å². The van der Waals surface area contributed by atoms with E-state index in [1.807, 2.05) is 19.1 Å². The van der Waals surface area contributed by atoms with Gasteiger partial charge in [0.15, 0.2) is 11.5 Å². The van der Waals surface area contributed by atoms with Crippen LogP contribution in [0.3, 0.4) is 0 Å². The quantitative estimate of drug-likeness (QED) is 0.744. The summed E-state index contributed by atoms with van der Waals surface area (Å²) in [4.78, 5) is 24.3. The molecule has 0 saturated heterocycles. The zero-order valence-electron chi connectivity index (χ0n) is 15.9. The largest absolute Gasteiger partial charge is 0.493 e. The summed E-state index contributed by atoms with van der Waals surface area (Å²) in [5.41, 5.74) is 2.00. The van der Waals surface area contributed by atoms with Crippen LogP contribution in [0.25, 0.3) is 0 Å². The van der Waals surface area contributed by atoms with E-state index < -0.39 is 0 Å². The molecular formula is C20H24N2O5. The summed E-state index contributed by atoms with van der Waals surface area (Å²) in [7, 11) is 4.52. The van der Waals surface area contributed by atoms with E-state index in [9.17, 15) is 9.59 Å². The maximum Gasteiger partial charge on any atom is 0.251 e. The zero-order chi connectivity index (χ0) is 19.8. The van der Waals surface area contributed by atoms with Crippen LogP contribution >= 0.6 is 0 Å². The third-order valence-electron chi connectivity index (χ3n) is 3.98. The lowest BCUT2D eigenvalue weighted by atomic mass is 10.1. The van der Waals surface area contributed by atoms with Crippen LogP contribution in [-0.4, -0.2) is 39.7 Å². The molecule has 0 radical (unpaired) electrons. The van der Waals surface area contributed by atoms with Gasteiger partial charge in [-0.1, -0.05) is 18.2 Å². The van der Waals surface area contributed by atoms with Gasteiger partial charge in [0.25, 0.3) is 5.91 Å². The number of anilines is 1. The van der Waals surface area contributed by atoms with Crippen molar-refractivity contribution in [1.29, 1.82) is 0 Å². The van der Waals surface area contributed by atoms with Gasteiger partial charge in [0, 0.05) is 36.3 Å². The second-order valence-electron chi connectivity index (χ2n) is 5.78. The fourth-order valence-corrected chi connectivity index (χ4v) is 2.59. The highest BCUT2D eigenvalue weighted by molar-refractivity contribution is 5.96. The van der Waals surface area contributed by atoms with Crippen LogP contribution in [0.5, 0.6) is 17.2 Å². The second-order valence-corrected chi connectivity index (χ2v) is 5.78. The number of carbonyl (C=O) groups excluding carboxylic acids is 2. The maximum atomic E-state index is 12.2. The van der Waals surface area contributed by atoms with Gasteiger partial charge in [-0.2, -0.15) is 0 Å². The van der Waals surface area contributed by atoms with Crippen LogP contribution in [-0.2, 0) is 4.79 Å². The number of aryl methyl sites for hydroxylation is 1. The fourth-order valence-electron chi connectivity index (χ4n) is 2.59. The summed E-state index contributed by atoms with van der Waals surface area (Å²) in [5, 5.41) is 5.51. The Hall–Kier alpha value is -3.22. The number of ether oxygens (including phenoxy) is 3. The molecule has 0 fully saturated rings. The van der Waals surface area contributed by atoms with Crippen molar-refractivity contribution in [3.63, 3.8) is 0 Å². The highest BCUT2D eigenvalue weighted by Gasteiger charge is 2.15. The summed E-state index contributed by atoms with van der Waals surface area (Å²) in [5.74, 6) is 0.895. The van der Waals surface area contributed by atoms with E-state index in [4.69, 9.17) is 14.2 Å². The van der Waals surface area contributed by atoms with Gasteiger partial charge in [-0.3, -0.25) is 9.59 Å². The molecule has 0 heterocycles. The first kappa shape index (κ1) is 20.1. The third-order valence-corrected chi connectivity index (χ3v) is 3.98. The Morgan fingerprint density at radius 2 is 1.59 bits per heavy atom. The van der Waals surface area contributed by atoms with Crippen molar-refractivity contribution in [3.8, 4) is 17.2 Å². The van der Waals surface area contributed by atoms with E-state index >= 15 is 0 Å². The molecule has 0 bridgehead atoms. The molecule has 0 aromatic heterocycles. The normalized spacial score (nSPS) is 10.1. The average Bonchev–Trinajstić information content (AvgIpc) is 2.67. The molecule has 2 aromatic rings. The maximum absolute atomic E-state index is 12.2. The van der Waals surface area contributed by atoms with Gasteiger partial charge in [-0.15, -0.1) is 0 Å². The lowest BCUT2D eigenvalue weighted by molar-refractivity contribution is -0.116. The van der Waals surface area contributed by atoms with E-state index in [1.165, 1.54) is 21.3 Å². The molecule has 2 aromatic carbocycles. The average molecular weight is 372 g/mol. The van der Waals surface area contributed by atoms with Crippen LogP contribution < -0.4 is 24.8 Å². The standard InChI is InChI=1S/C20H24N2O5/c1-13-7-5-6-8-15(13)20(24)21-10-9-18(23)22-14-11-16(25-2)19(27-4)17(12-14)26-3/h5-8,11-12H,9-10H2,1-4H3,(H,21,24)(H,22,23). The minimum Gasteiger partial charge on any atom is -0.493 e. The molecule has 2 rings (SSSR count). The van der Waals surface area contributed by atoms with Crippen molar-refractivity contribution >= 4 is 17.5 Å². The first-order valence-corrected chi connectivity index (χ1v) is 8.43. The van der Waals surface area contributed by atoms with Gasteiger partial charge < -0.3 is 24.8 Å². The Morgan fingerprint density at radius 3 is 2.15 bits per heavy atom. The van der Waals surface area contributed by atoms with E-state index in [-0.39, 0.29) is 24.8 Å². The van der Waals surface area contributed by atoms with Gasteiger partial charge in [-0.05, 0) is 18.6 Å². The van der Waals surface area contributed by atoms with Gasteiger partial charge in [-0.25, -0.2) is 0 Å². The molecule has 0 saturated carbocycles. The number of methoxy groups -OCH3 is 3. The Balaban J connectivity index is 1.94. The molecule has 2 amide bonds. The number of hydrogen-bond acceptors (Lipinski definition) is 5. The SMILES string of the molecule is COc1cc(NC(=O)CCNC(=O)c2ccccc2C)cc(OC)c1OC. The van der Waals surface area contributed by atoms with E-state index in [0.717, 1.165) is 5.56 Å². The molecular weight excluding hydrogens is 348 g/mol. The molecule has 0 atom stereocenters. The van der Waals surface area contributed by atoms with Gasteiger partial charge in [0.2, 0.25) is 11.7 Å². The molecule has 0 unspecified atom stereocenters. The second kappa shape index (κ2) is 9.47. The molecule has 0 aliphatic carbocycles. The number of amides is 2. The lowest BCUT2D eigenvalue weighted by Gasteiger charge is -2.14. The van der Waals surface area contributed by atoms with Crippen LogP contribution in [0.4, 0.5) is 5.69 Å². The first-order valence-electron chi connectivity index (χ1n) is 8.43. The van der Waals surface area contributed by atoms with Gasteiger partial charge in [0.05, 0.1) is 21.3 Å². The van der Waals surface area contributed by atoms with Crippen LogP contribution in [0.15, 0.2) is 36.4 Å². The Morgan fingerprint density at radius 1 is 0.963 bits per heavy atom. The number of carbonyl (C=O) groups is 2. The molecule has 27 heavy (non-hydrogen) atoms. The van der Waals surface area contributed by atoms with Crippen molar-refractivity contribution in [2.24, 2.45) is 0 Å². The smallest absolute Gasteiger partial charge is 0.251 e. The monoisotopic (exact) mass is 372 g/mol. The number of nitrogens with one attached hydrogen (secondary N) is 2. The predicted molar refractivity (Wildman–Crippen MR) is 103 cm³/mol. The van der Waals surface area contributed by atoms with E-state index in [1.54, 1.807) is 24.3 Å². The predicted octanol–water partition coefficient (Wildman–Crippen LogP) is 2.78. The van der Waals surface area contributed by atoms with Gasteiger partial charge in [0.1, 0.15) is 0 Å². The summed E-state index contributed by atoms with van der Waals surface area (Å²) < 4.78 is 15.8. The van der Waals surface area contributed by atoms with Crippen molar-refractivity contribution < 1.29 is 23.8 Å². The van der Waals surface area contributed by atoms with Crippen LogP contribution in [0.1, 0.15) is 22.3 Å². The highest BCUT2D eigenvalue weighted by Crippen LogP contribution is 2.39. The summed E-state index contributed by atoms with van der Waals surface area (Å²) in [6, 6.07) is 10.6. The highest BCUT2D eigenvalue weighted by atomic mass is 16.5. The number of benzene rings is 2. The van der Waals surface area contributed by atoms with Gasteiger partial charge >= 0.3 is 0 Å². The van der Waals surface area contributed by atoms with Crippen molar-refractivity contribution in [3.05, 3.63) is 47.5 Å². The van der Waals surface area contributed by atoms with Crippen LogP contribution in [0, 0.1) is 6.92 Å². The molecule has 0 aliphatic rings. The minimum absolute atomic E-state index is 0.133. The Bertz CT molecular complexity index is 795. The van der Waals surface area contributed by atoms with Crippen molar-refractivity contribution in [2.45, 2.75) is 13.3 Å². The van der Waals surface area contributed by atoms with Crippen molar-refractivity contribution in [1.82, 2.24) is 5.32 Å². The zero-order valence-corrected chi connectivity index (χ0v) is 15.9. The van der Waals surface area contributed by atoms with Crippen molar-refractivity contribution in [2.75, 3.05) is 33.2 Å². The lowest BCUT2D eigenvalue weighted by Crippen LogP contribution is -2.28. The molecule has 2 N–H and O–H groups in total.